The third kappa shape index (κ3) is 4.80. The maximum atomic E-state index is 12.0. The minimum absolute atomic E-state index is 0.229. The van der Waals surface area contributed by atoms with Crippen LogP contribution in [0.1, 0.15) is 12.5 Å². The molecule has 0 atom stereocenters. The summed E-state index contributed by atoms with van der Waals surface area (Å²) in [6, 6.07) is 6.98. The van der Waals surface area contributed by atoms with Gasteiger partial charge in [-0.2, -0.15) is 0 Å². The van der Waals surface area contributed by atoms with Crippen molar-refractivity contribution >= 4 is 28.7 Å². The van der Waals surface area contributed by atoms with Gasteiger partial charge in [0, 0.05) is 24.7 Å². The van der Waals surface area contributed by atoms with Crippen molar-refractivity contribution in [3.05, 3.63) is 36.0 Å². The van der Waals surface area contributed by atoms with Crippen LogP contribution in [0, 0.1) is 0 Å². The molecule has 2 aromatic rings. The van der Waals surface area contributed by atoms with Gasteiger partial charge in [0.05, 0.1) is 0 Å². The number of urea groups is 1. The molecule has 8 heteroatoms. The lowest BCUT2D eigenvalue weighted by molar-refractivity contribution is 0.137. The van der Waals surface area contributed by atoms with Gasteiger partial charge in [0.1, 0.15) is 19.1 Å². The van der Waals surface area contributed by atoms with Gasteiger partial charge in [-0.05, 0) is 23.9 Å². The Morgan fingerprint density at radius 1 is 1.29 bits per heavy atom. The van der Waals surface area contributed by atoms with Gasteiger partial charge in [0.25, 0.3) is 0 Å². The Morgan fingerprint density at radius 2 is 2.12 bits per heavy atom. The van der Waals surface area contributed by atoms with Crippen LogP contribution in [0.2, 0.25) is 0 Å². The summed E-state index contributed by atoms with van der Waals surface area (Å²) in [7, 11) is 0. The lowest BCUT2D eigenvalue weighted by Gasteiger charge is -2.10. The summed E-state index contributed by atoms with van der Waals surface area (Å²) in [6.07, 6.45) is 0.952. The molecule has 128 valence electrons. The zero-order valence-electron chi connectivity index (χ0n) is 13.3. The van der Waals surface area contributed by atoms with Gasteiger partial charge >= 0.3 is 12.1 Å². The van der Waals surface area contributed by atoms with Crippen molar-refractivity contribution in [2.45, 2.75) is 13.5 Å². The summed E-state index contributed by atoms with van der Waals surface area (Å²) in [5.74, 6) is 0.431. The van der Waals surface area contributed by atoms with Crippen molar-refractivity contribution in [1.29, 1.82) is 0 Å². The number of nitrogens with zero attached hydrogens (tertiary/aromatic N) is 1. The number of ether oxygens (including phenoxy) is 1. The molecular formula is C16H19FN4O3. The molecule has 3 N–H and O–H groups in total. The number of carbonyl (C=O) groups excluding carboxylic acids is 2. The van der Waals surface area contributed by atoms with E-state index in [4.69, 9.17) is 0 Å². The van der Waals surface area contributed by atoms with Crippen molar-refractivity contribution in [3.63, 3.8) is 0 Å². The molecule has 1 aromatic carbocycles. The average molecular weight is 334 g/mol. The van der Waals surface area contributed by atoms with E-state index < -0.39 is 12.8 Å². The normalized spacial score (nSPS) is 10.2. The Balaban J connectivity index is 2.09. The predicted octanol–water partition coefficient (Wildman–Crippen LogP) is 2.57. The number of nitrogens with one attached hydrogen (secondary N) is 3. The molecular weight excluding hydrogens is 315 g/mol. The van der Waals surface area contributed by atoms with Crippen molar-refractivity contribution in [2.24, 2.45) is 0 Å². The fourth-order valence-electron chi connectivity index (χ4n) is 2.13. The van der Waals surface area contributed by atoms with E-state index in [1.54, 1.807) is 12.3 Å². The first-order chi connectivity index (χ1) is 11.6. The predicted molar refractivity (Wildman–Crippen MR) is 88.6 cm³/mol. The van der Waals surface area contributed by atoms with Gasteiger partial charge in [-0.3, -0.25) is 5.32 Å². The minimum Gasteiger partial charge on any atom is -0.447 e. The van der Waals surface area contributed by atoms with E-state index >= 15 is 0 Å². The van der Waals surface area contributed by atoms with Crippen LogP contribution in [0.15, 0.2) is 30.5 Å². The van der Waals surface area contributed by atoms with Crippen LogP contribution in [0.5, 0.6) is 0 Å². The van der Waals surface area contributed by atoms with Gasteiger partial charge < -0.3 is 15.4 Å². The minimum atomic E-state index is -0.715. The number of rotatable bonds is 6. The summed E-state index contributed by atoms with van der Waals surface area (Å²) < 4.78 is 16.6. The summed E-state index contributed by atoms with van der Waals surface area (Å²) in [4.78, 5) is 27.1. The molecule has 3 amide bonds. The number of pyridine rings is 1. The monoisotopic (exact) mass is 334 g/mol. The highest BCUT2D eigenvalue weighted by atomic mass is 19.1. The number of anilines is 1. The number of fused-ring (bicyclic) bond motifs is 1. The van der Waals surface area contributed by atoms with Crippen LogP contribution >= 0.6 is 0 Å². The van der Waals surface area contributed by atoms with Crippen LogP contribution in [0.25, 0.3) is 10.8 Å². The molecule has 0 aliphatic heterocycles. The van der Waals surface area contributed by atoms with Crippen molar-refractivity contribution in [2.75, 3.05) is 25.1 Å². The summed E-state index contributed by atoms with van der Waals surface area (Å²) in [6.45, 7) is 1.59. The second-order valence-electron chi connectivity index (χ2n) is 4.87. The Kier molecular flexibility index (Phi) is 6.30. The first-order valence-corrected chi connectivity index (χ1v) is 7.53. The third-order valence-corrected chi connectivity index (χ3v) is 3.17. The molecule has 0 unspecified atom stereocenters. The SMILES string of the molecule is CCNC(=O)Nc1cc2cccc(CNC(=O)OCCF)c2cn1. The Hall–Kier alpha value is -2.90. The molecule has 1 aromatic heterocycles. The number of carbonyl (C=O) groups is 2. The van der Waals surface area contributed by atoms with Crippen LogP contribution in [0.4, 0.5) is 19.8 Å². The maximum Gasteiger partial charge on any atom is 0.407 e. The fraction of sp³-hybridized carbons (Fsp3) is 0.312. The van der Waals surface area contributed by atoms with Gasteiger partial charge in [-0.25, -0.2) is 19.0 Å². The summed E-state index contributed by atoms with van der Waals surface area (Å²) in [5, 5.41) is 9.53. The van der Waals surface area contributed by atoms with Gasteiger partial charge in [-0.15, -0.1) is 0 Å². The van der Waals surface area contributed by atoms with Crippen LogP contribution in [-0.2, 0) is 11.3 Å². The van der Waals surface area contributed by atoms with Gasteiger partial charge in [0.2, 0.25) is 0 Å². The molecule has 0 saturated heterocycles. The fourth-order valence-corrected chi connectivity index (χ4v) is 2.13. The van der Waals surface area contributed by atoms with Crippen LogP contribution in [-0.4, -0.2) is 36.9 Å². The first-order valence-electron chi connectivity index (χ1n) is 7.53. The molecule has 0 bridgehead atoms. The molecule has 0 fully saturated rings. The third-order valence-electron chi connectivity index (χ3n) is 3.17. The lowest BCUT2D eigenvalue weighted by Crippen LogP contribution is -2.28. The summed E-state index contributed by atoms with van der Waals surface area (Å²) >= 11 is 0. The van der Waals surface area contributed by atoms with E-state index in [1.807, 2.05) is 25.1 Å². The number of benzene rings is 1. The standard InChI is InChI=1S/C16H19FN4O3/c1-2-18-15(22)21-14-8-11-4-3-5-12(13(11)10-19-14)9-20-16(23)24-7-6-17/h3-5,8,10H,2,6-7,9H2,1H3,(H,20,23)(H2,18,19,21,22). The summed E-state index contributed by atoms with van der Waals surface area (Å²) in [5.41, 5.74) is 0.835. The molecule has 24 heavy (non-hydrogen) atoms. The van der Waals surface area contributed by atoms with Gasteiger partial charge in [0.15, 0.2) is 0 Å². The number of hydrogen-bond acceptors (Lipinski definition) is 4. The quantitative estimate of drug-likeness (QED) is 0.757. The first kappa shape index (κ1) is 17.5. The number of alkyl halides is 1. The van der Waals surface area contributed by atoms with Crippen molar-refractivity contribution in [3.8, 4) is 0 Å². The zero-order chi connectivity index (χ0) is 17.4. The number of halogens is 1. The largest absolute Gasteiger partial charge is 0.447 e. The number of hydrogen-bond donors (Lipinski definition) is 3. The Morgan fingerprint density at radius 3 is 2.88 bits per heavy atom. The van der Waals surface area contributed by atoms with E-state index in [1.165, 1.54) is 0 Å². The van der Waals surface area contributed by atoms with E-state index in [-0.39, 0.29) is 19.2 Å². The number of alkyl carbamates (subject to hydrolysis) is 1. The highest BCUT2D eigenvalue weighted by molar-refractivity contribution is 5.92. The number of amides is 3. The molecule has 0 spiro atoms. The van der Waals surface area contributed by atoms with E-state index in [0.29, 0.717) is 12.4 Å². The Bertz CT molecular complexity index is 724. The lowest BCUT2D eigenvalue weighted by atomic mass is 10.1. The zero-order valence-corrected chi connectivity index (χ0v) is 13.3. The number of aromatic nitrogens is 1. The second kappa shape index (κ2) is 8.66. The Labute approximate surface area is 138 Å². The molecule has 1 heterocycles. The van der Waals surface area contributed by atoms with Crippen LogP contribution < -0.4 is 16.0 Å². The van der Waals surface area contributed by atoms with E-state index in [2.05, 4.69) is 25.7 Å². The van der Waals surface area contributed by atoms with Crippen molar-refractivity contribution in [1.82, 2.24) is 15.6 Å². The smallest absolute Gasteiger partial charge is 0.407 e. The molecule has 7 nitrogen and oxygen atoms in total. The highest BCUT2D eigenvalue weighted by Crippen LogP contribution is 2.20. The van der Waals surface area contributed by atoms with E-state index in [9.17, 15) is 14.0 Å². The van der Waals surface area contributed by atoms with Gasteiger partial charge in [-0.1, -0.05) is 18.2 Å². The van der Waals surface area contributed by atoms with E-state index in [0.717, 1.165) is 16.3 Å². The van der Waals surface area contributed by atoms with Crippen molar-refractivity contribution < 1.29 is 18.7 Å². The molecule has 2 rings (SSSR count). The molecule has 0 radical (unpaired) electrons. The van der Waals surface area contributed by atoms with Crippen LogP contribution in [0.3, 0.4) is 0 Å². The molecule has 0 saturated carbocycles. The molecule has 0 aliphatic rings. The molecule has 0 aliphatic carbocycles. The maximum absolute atomic E-state index is 12.0. The second-order valence-corrected chi connectivity index (χ2v) is 4.87. The topological polar surface area (TPSA) is 92.4 Å². The average Bonchev–Trinajstić information content (AvgIpc) is 2.58. The highest BCUT2D eigenvalue weighted by Gasteiger charge is 2.07.